The highest BCUT2D eigenvalue weighted by Crippen LogP contribution is 2.46. The average molecular weight is 618 g/mol. The van der Waals surface area contributed by atoms with Crippen molar-refractivity contribution in [2.24, 2.45) is 0 Å². The normalized spacial score (nSPS) is 19.3. The van der Waals surface area contributed by atoms with Crippen LogP contribution in [0.1, 0.15) is 208 Å². The summed E-state index contributed by atoms with van der Waals surface area (Å²) in [6.07, 6.45) is 33.2. The molecule has 2 aliphatic heterocycles. The van der Waals surface area contributed by atoms with Gasteiger partial charge in [-0.1, -0.05) is 155 Å². The van der Waals surface area contributed by atoms with Gasteiger partial charge < -0.3 is 5.32 Å². The summed E-state index contributed by atoms with van der Waals surface area (Å²) in [6.45, 7) is 15.3. The fraction of sp³-hybridized carbons (Fsp3) is 0.949. The van der Waals surface area contributed by atoms with Gasteiger partial charge >= 0.3 is 6.03 Å². The summed E-state index contributed by atoms with van der Waals surface area (Å²) in [6, 6.07) is -0.169. The molecule has 0 bridgehead atoms. The van der Waals surface area contributed by atoms with E-state index in [4.69, 9.17) is 0 Å². The fourth-order valence-corrected chi connectivity index (χ4v) is 8.50. The van der Waals surface area contributed by atoms with Gasteiger partial charge in [0.05, 0.1) is 0 Å². The molecule has 3 amide bonds. The van der Waals surface area contributed by atoms with Crippen molar-refractivity contribution >= 4 is 11.9 Å². The number of nitrogens with one attached hydrogen (secondary N) is 1. The molecule has 5 nitrogen and oxygen atoms in total. The summed E-state index contributed by atoms with van der Waals surface area (Å²) < 4.78 is 0. The van der Waals surface area contributed by atoms with Crippen molar-refractivity contribution in [1.29, 1.82) is 0 Å². The molecular formula is C39H75N3O2. The molecule has 1 spiro atoms. The van der Waals surface area contributed by atoms with Gasteiger partial charge in [-0.15, -0.1) is 0 Å². The molecule has 0 atom stereocenters. The molecule has 44 heavy (non-hydrogen) atoms. The lowest BCUT2D eigenvalue weighted by Gasteiger charge is -2.58. The maximum atomic E-state index is 13.8. The van der Waals surface area contributed by atoms with Crippen molar-refractivity contribution in [3.05, 3.63) is 0 Å². The molecule has 0 aromatic heterocycles. The van der Waals surface area contributed by atoms with Gasteiger partial charge in [0.2, 0.25) is 0 Å². The monoisotopic (exact) mass is 618 g/mol. The molecule has 2 aliphatic rings. The number of hydrogen-bond donors (Lipinski definition) is 1. The Kier molecular flexibility index (Phi) is 18.6. The second-order valence-electron chi connectivity index (χ2n) is 15.9. The summed E-state index contributed by atoms with van der Waals surface area (Å²) in [4.78, 5) is 31.0. The molecule has 0 aromatic carbocycles. The first-order valence-corrected chi connectivity index (χ1v) is 19.5. The van der Waals surface area contributed by atoms with Crippen LogP contribution in [-0.4, -0.2) is 51.4 Å². The van der Waals surface area contributed by atoms with E-state index in [-0.39, 0.29) is 23.0 Å². The van der Waals surface area contributed by atoms with Crippen molar-refractivity contribution in [3.8, 4) is 0 Å². The van der Waals surface area contributed by atoms with Gasteiger partial charge in [0.1, 0.15) is 5.54 Å². The van der Waals surface area contributed by atoms with Crippen LogP contribution in [0.2, 0.25) is 0 Å². The number of rotatable bonds is 26. The first-order chi connectivity index (χ1) is 21.1. The quantitative estimate of drug-likeness (QED) is 0.0776. The minimum atomic E-state index is -0.755. The highest BCUT2D eigenvalue weighted by molar-refractivity contribution is 6.07. The number of amides is 3. The number of nitrogens with zero attached hydrogens (tertiary/aromatic N) is 2. The van der Waals surface area contributed by atoms with Crippen LogP contribution in [0.5, 0.6) is 0 Å². The predicted octanol–water partition coefficient (Wildman–Crippen LogP) is 11.3. The number of unbranched alkanes of at least 4 members (excludes halogenated alkanes) is 22. The van der Waals surface area contributed by atoms with Crippen molar-refractivity contribution in [2.45, 2.75) is 225 Å². The number of imide groups is 1. The second kappa shape index (κ2) is 20.9. The van der Waals surface area contributed by atoms with Gasteiger partial charge in [-0.25, -0.2) is 4.79 Å². The lowest BCUT2D eigenvalue weighted by atomic mass is 9.68. The molecular weight excluding hydrogens is 542 g/mol. The van der Waals surface area contributed by atoms with Crippen LogP contribution in [0, 0.1) is 0 Å². The zero-order valence-corrected chi connectivity index (χ0v) is 30.5. The fourth-order valence-electron chi connectivity index (χ4n) is 8.50. The molecule has 258 valence electrons. The van der Waals surface area contributed by atoms with Crippen LogP contribution >= 0.6 is 0 Å². The number of carbonyl (C=O) groups is 2. The molecule has 2 heterocycles. The van der Waals surface area contributed by atoms with E-state index in [1.807, 2.05) is 0 Å². The average Bonchev–Trinajstić information content (AvgIpc) is 3.17. The topological polar surface area (TPSA) is 52.7 Å². The van der Waals surface area contributed by atoms with Gasteiger partial charge in [-0.05, 0) is 59.9 Å². The highest BCUT2D eigenvalue weighted by atomic mass is 16.2. The third kappa shape index (κ3) is 13.3. The molecule has 0 radical (unpaired) electrons. The largest absolute Gasteiger partial charge is 0.325 e. The maximum absolute atomic E-state index is 13.8. The number of carbonyl (C=O) groups excluding carboxylic acids is 2. The minimum absolute atomic E-state index is 0.0238. The van der Waals surface area contributed by atoms with Crippen LogP contribution in [0.3, 0.4) is 0 Å². The third-order valence-electron chi connectivity index (χ3n) is 10.6. The van der Waals surface area contributed by atoms with Crippen LogP contribution in [0.25, 0.3) is 0 Å². The molecule has 1 N–H and O–H groups in total. The molecule has 0 unspecified atom stereocenters. The van der Waals surface area contributed by atoms with E-state index >= 15 is 0 Å². The molecule has 2 rings (SSSR count). The zero-order valence-electron chi connectivity index (χ0n) is 30.5. The second-order valence-corrected chi connectivity index (χ2v) is 15.9. The summed E-state index contributed by atoms with van der Waals surface area (Å²) in [5, 5.41) is 3.22. The third-order valence-corrected chi connectivity index (χ3v) is 10.6. The van der Waals surface area contributed by atoms with Gasteiger partial charge in [0.25, 0.3) is 5.91 Å². The van der Waals surface area contributed by atoms with Crippen molar-refractivity contribution in [3.63, 3.8) is 0 Å². The van der Waals surface area contributed by atoms with Gasteiger partial charge in [0, 0.05) is 17.6 Å². The Balaban J connectivity index is 1.66. The lowest BCUT2D eigenvalue weighted by Crippen LogP contribution is -2.69. The molecule has 5 heteroatoms. The van der Waals surface area contributed by atoms with Crippen molar-refractivity contribution in [2.75, 3.05) is 13.1 Å². The molecule has 2 fully saturated rings. The Morgan fingerprint density at radius 2 is 0.818 bits per heavy atom. The summed E-state index contributed by atoms with van der Waals surface area (Å²) in [5.74, 6) is 0.0238. The summed E-state index contributed by atoms with van der Waals surface area (Å²) in [5.41, 5.74) is -1.04. The summed E-state index contributed by atoms with van der Waals surface area (Å²) in [7, 11) is 0. The number of piperidine rings is 1. The van der Waals surface area contributed by atoms with E-state index in [1.54, 1.807) is 4.90 Å². The van der Waals surface area contributed by atoms with Crippen molar-refractivity contribution < 1.29 is 9.59 Å². The number of hydrogen-bond acceptors (Lipinski definition) is 3. The predicted molar refractivity (Wildman–Crippen MR) is 189 cm³/mol. The van der Waals surface area contributed by atoms with Crippen LogP contribution in [0.4, 0.5) is 4.79 Å². The summed E-state index contributed by atoms with van der Waals surface area (Å²) >= 11 is 0. The Bertz CT molecular complexity index is 774. The standard InChI is InChI=1S/C39H75N3O2/c1-7-9-11-13-15-17-19-20-21-22-24-26-28-30-32-42-37(3,4)33-39(34-38(42,5)6)35(43)41(36(44)40-39)31-29-27-25-23-18-16-14-12-10-8-2/h7-34H2,1-6H3,(H,40,44). The van der Waals surface area contributed by atoms with E-state index in [1.165, 1.54) is 141 Å². The van der Waals surface area contributed by atoms with Gasteiger partial charge in [-0.2, -0.15) is 0 Å². The molecule has 2 saturated heterocycles. The minimum Gasteiger partial charge on any atom is -0.323 e. The number of likely N-dealkylation sites (tertiary alicyclic amines) is 1. The Labute approximate surface area is 274 Å². The molecule has 0 saturated carbocycles. The van der Waals surface area contributed by atoms with Crippen LogP contribution < -0.4 is 5.32 Å². The van der Waals surface area contributed by atoms with Crippen molar-refractivity contribution in [1.82, 2.24) is 15.1 Å². The lowest BCUT2D eigenvalue weighted by molar-refractivity contribution is -0.141. The first-order valence-electron chi connectivity index (χ1n) is 19.5. The van der Waals surface area contributed by atoms with Gasteiger partial charge in [0.15, 0.2) is 0 Å². The van der Waals surface area contributed by atoms with E-state index in [0.29, 0.717) is 19.4 Å². The van der Waals surface area contributed by atoms with E-state index < -0.39 is 5.54 Å². The Hall–Kier alpha value is -1.10. The highest BCUT2D eigenvalue weighted by Gasteiger charge is 2.60. The zero-order chi connectivity index (χ0) is 32.3. The smallest absolute Gasteiger partial charge is 0.323 e. The SMILES string of the molecule is CCCCCCCCCCCCCCCCN1C(C)(C)CC2(CC1(C)C)NC(=O)N(CCCCCCCCCCCC)C2=O. The molecule has 0 aliphatic carbocycles. The van der Waals surface area contributed by atoms with Crippen LogP contribution in [0.15, 0.2) is 0 Å². The van der Waals surface area contributed by atoms with Gasteiger partial charge in [-0.3, -0.25) is 14.6 Å². The Morgan fingerprint density at radius 3 is 1.18 bits per heavy atom. The van der Waals surface area contributed by atoms with E-state index in [0.717, 1.165) is 19.4 Å². The molecule has 0 aromatic rings. The van der Waals surface area contributed by atoms with Crippen LogP contribution in [-0.2, 0) is 4.79 Å². The first kappa shape index (κ1) is 39.1. The van der Waals surface area contributed by atoms with E-state index in [2.05, 4.69) is 51.8 Å². The van der Waals surface area contributed by atoms with E-state index in [9.17, 15) is 9.59 Å². The Morgan fingerprint density at radius 1 is 0.500 bits per heavy atom. The number of urea groups is 1. The maximum Gasteiger partial charge on any atom is 0.325 e.